The number of nitrogens with zero attached hydrogens (tertiary/aromatic N) is 1. The summed E-state index contributed by atoms with van der Waals surface area (Å²) in [4.78, 5) is 0. The molecule has 0 aliphatic carbocycles. The van der Waals surface area contributed by atoms with Crippen LogP contribution in [-0.2, 0) is 7.05 Å². The van der Waals surface area contributed by atoms with Crippen LogP contribution in [0.2, 0.25) is 0 Å². The van der Waals surface area contributed by atoms with Crippen LogP contribution in [0.4, 0.5) is 0 Å². The van der Waals surface area contributed by atoms with Gasteiger partial charge in [0.05, 0.1) is 5.56 Å². The lowest BCUT2D eigenvalue weighted by atomic mass is 9.91. The first kappa shape index (κ1) is 22.7. The van der Waals surface area contributed by atoms with E-state index < -0.39 is 13.7 Å². The van der Waals surface area contributed by atoms with Crippen molar-refractivity contribution in [3.63, 3.8) is 0 Å². The molecule has 0 spiro atoms. The largest absolute Gasteiger partial charge is 0.455 e. The molecule has 0 N–H and O–H groups in total. The third-order valence-electron chi connectivity index (χ3n) is 9.12. The van der Waals surface area contributed by atoms with Crippen LogP contribution in [-0.4, -0.2) is 0 Å². The molecule has 47 heavy (non-hydrogen) atoms. The Morgan fingerprint density at radius 1 is 0.511 bits per heavy atom. The molecule has 0 aliphatic rings. The number of benzene rings is 6. The molecule has 0 unspecified atom stereocenters. The molecule has 0 saturated carbocycles. The second kappa shape index (κ2) is 11.6. The fourth-order valence-electron chi connectivity index (χ4n) is 6.63. The van der Waals surface area contributed by atoms with Crippen molar-refractivity contribution in [1.29, 1.82) is 0 Å². The lowest BCUT2D eigenvalue weighted by molar-refractivity contribution is -0.660. The molecule has 0 bridgehead atoms. The van der Waals surface area contributed by atoms with Gasteiger partial charge in [0.2, 0.25) is 5.69 Å². The fourth-order valence-corrected chi connectivity index (χ4v) is 6.63. The molecule has 2 nitrogen and oxygen atoms in total. The van der Waals surface area contributed by atoms with Crippen molar-refractivity contribution < 1.29 is 17.2 Å². The number of furan rings is 1. The van der Waals surface area contributed by atoms with Gasteiger partial charge in [-0.15, -0.1) is 0 Å². The van der Waals surface area contributed by atoms with E-state index >= 15 is 0 Å². The standard InChI is InChI=1S/C45H36NO/c1-29-15-22-40-39-24-21-37(33-13-9-6-10-14-33)26-43(39)47-45(40)44(29)42-27-41(31(3)28-46(42)4)38-23-20-36(25-30(38)2)35-18-16-34(17-19-35)32-11-7-5-8-12-32/h5-28H,1-4H3/q+1/i2D3,3D3. The van der Waals surface area contributed by atoms with Gasteiger partial charge in [-0.25, -0.2) is 4.57 Å². The first-order valence-corrected chi connectivity index (χ1v) is 15.7. The van der Waals surface area contributed by atoms with Crippen LogP contribution in [0.15, 0.2) is 150 Å². The molecule has 0 saturated heterocycles. The monoisotopic (exact) mass is 612 g/mol. The van der Waals surface area contributed by atoms with Crippen molar-refractivity contribution in [3.05, 3.63) is 162 Å². The van der Waals surface area contributed by atoms with Crippen LogP contribution >= 0.6 is 0 Å². The Balaban J connectivity index is 1.30. The predicted molar refractivity (Wildman–Crippen MR) is 196 cm³/mol. The van der Waals surface area contributed by atoms with E-state index in [1.165, 1.54) is 0 Å². The zero-order chi connectivity index (χ0) is 37.1. The molecular formula is C45H36NO+. The van der Waals surface area contributed by atoms with Gasteiger partial charge >= 0.3 is 0 Å². The number of rotatable bonds is 5. The van der Waals surface area contributed by atoms with Crippen LogP contribution in [0.3, 0.4) is 0 Å². The Hall–Kier alpha value is -5.73. The van der Waals surface area contributed by atoms with E-state index in [1.54, 1.807) is 22.9 Å². The second-order valence-corrected chi connectivity index (χ2v) is 12.1. The molecule has 6 aromatic carbocycles. The SMILES string of the molecule is [2H]C([2H])([2H])c1cc(-c2ccc(-c3ccccc3)cc2)ccc1-c1cc(-c2c(C)ccc3c2oc2cc(-c4ccccc4)ccc23)[n+](C)cc1C([2H])([2H])[2H]. The maximum absolute atomic E-state index is 8.61. The molecule has 2 heterocycles. The first-order chi connectivity index (χ1) is 25.4. The third-order valence-corrected chi connectivity index (χ3v) is 9.12. The minimum atomic E-state index is -2.52. The average molecular weight is 613 g/mol. The molecule has 0 radical (unpaired) electrons. The molecule has 0 amide bonds. The average Bonchev–Trinajstić information content (AvgIpc) is 3.52. The van der Waals surface area contributed by atoms with E-state index in [2.05, 4.69) is 30.3 Å². The van der Waals surface area contributed by atoms with Crippen LogP contribution < -0.4 is 4.57 Å². The molecular weight excluding hydrogens is 571 g/mol. The highest BCUT2D eigenvalue weighted by Crippen LogP contribution is 2.40. The highest BCUT2D eigenvalue weighted by Gasteiger charge is 2.23. The van der Waals surface area contributed by atoms with Gasteiger partial charge in [0.25, 0.3) is 0 Å². The molecule has 0 atom stereocenters. The van der Waals surface area contributed by atoms with E-state index in [1.807, 2.05) is 111 Å². The highest BCUT2D eigenvalue weighted by molar-refractivity contribution is 6.10. The van der Waals surface area contributed by atoms with Crippen molar-refractivity contribution in [2.24, 2.45) is 7.05 Å². The fraction of sp³-hybridized carbons (Fsp3) is 0.0889. The summed E-state index contributed by atoms with van der Waals surface area (Å²) < 4.78 is 59.9. The summed E-state index contributed by atoms with van der Waals surface area (Å²) in [6.07, 6.45) is 1.60. The Morgan fingerprint density at radius 2 is 1.09 bits per heavy atom. The number of fused-ring (bicyclic) bond motifs is 3. The summed E-state index contributed by atoms with van der Waals surface area (Å²) in [5.74, 6) is 0. The van der Waals surface area contributed by atoms with Crippen molar-refractivity contribution in [2.75, 3.05) is 0 Å². The third kappa shape index (κ3) is 5.13. The number of hydrogen-bond donors (Lipinski definition) is 0. The molecule has 8 rings (SSSR count). The van der Waals surface area contributed by atoms with E-state index in [0.29, 0.717) is 22.4 Å². The zero-order valence-corrected chi connectivity index (χ0v) is 26.2. The van der Waals surface area contributed by atoms with Gasteiger partial charge in [0.15, 0.2) is 6.20 Å². The van der Waals surface area contributed by atoms with Gasteiger partial charge in [0.1, 0.15) is 18.2 Å². The van der Waals surface area contributed by atoms with Gasteiger partial charge < -0.3 is 4.42 Å². The molecule has 2 aromatic heterocycles. The van der Waals surface area contributed by atoms with Gasteiger partial charge in [-0.1, -0.05) is 121 Å². The molecule has 0 fully saturated rings. The van der Waals surface area contributed by atoms with E-state index in [4.69, 9.17) is 12.6 Å². The van der Waals surface area contributed by atoms with E-state index in [0.717, 1.165) is 60.9 Å². The minimum Gasteiger partial charge on any atom is -0.455 e. The van der Waals surface area contributed by atoms with Gasteiger partial charge in [-0.05, 0) is 88.4 Å². The lowest BCUT2D eigenvalue weighted by Gasteiger charge is -2.14. The predicted octanol–water partition coefficient (Wildman–Crippen LogP) is 11.7. The highest BCUT2D eigenvalue weighted by atomic mass is 16.3. The summed E-state index contributed by atoms with van der Waals surface area (Å²) in [7, 11) is 1.82. The summed E-state index contributed by atoms with van der Waals surface area (Å²) in [5.41, 5.74) is 10.6. The summed E-state index contributed by atoms with van der Waals surface area (Å²) in [6.45, 7) is -3.04. The molecule has 0 aliphatic heterocycles. The van der Waals surface area contributed by atoms with Crippen LogP contribution in [0.1, 0.15) is 24.9 Å². The number of aryl methyl sites for hydroxylation is 4. The summed E-state index contributed by atoms with van der Waals surface area (Å²) in [5, 5.41) is 1.91. The van der Waals surface area contributed by atoms with Gasteiger partial charge in [0, 0.05) is 30.6 Å². The number of pyridine rings is 1. The van der Waals surface area contributed by atoms with Crippen molar-refractivity contribution in [2.45, 2.75) is 20.6 Å². The molecule has 2 heteroatoms. The maximum Gasteiger partial charge on any atom is 0.216 e. The molecule has 226 valence electrons. The molecule has 8 aromatic rings. The number of hydrogen-bond acceptors (Lipinski definition) is 1. The number of aromatic nitrogens is 1. The second-order valence-electron chi connectivity index (χ2n) is 12.1. The van der Waals surface area contributed by atoms with Crippen molar-refractivity contribution in [3.8, 4) is 55.8 Å². The summed E-state index contributed by atoms with van der Waals surface area (Å²) in [6, 6.07) is 45.6. The van der Waals surface area contributed by atoms with E-state index in [-0.39, 0.29) is 11.1 Å². The zero-order valence-electron chi connectivity index (χ0n) is 32.2. The van der Waals surface area contributed by atoms with Crippen molar-refractivity contribution in [1.82, 2.24) is 0 Å². The maximum atomic E-state index is 8.61. The van der Waals surface area contributed by atoms with Crippen LogP contribution in [0, 0.1) is 20.6 Å². The van der Waals surface area contributed by atoms with E-state index in [9.17, 15) is 0 Å². The van der Waals surface area contributed by atoms with Gasteiger partial charge in [-0.3, -0.25) is 0 Å². The van der Waals surface area contributed by atoms with Crippen LogP contribution in [0.25, 0.3) is 77.7 Å². The Bertz CT molecular complexity index is 2640. The normalized spacial score (nSPS) is 13.8. The van der Waals surface area contributed by atoms with Crippen molar-refractivity contribution >= 4 is 21.9 Å². The summed E-state index contributed by atoms with van der Waals surface area (Å²) >= 11 is 0. The topological polar surface area (TPSA) is 17.0 Å². The Kier molecular flexibility index (Phi) is 5.59. The quantitative estimate of drug-likeness (QED) is 0.177. The smallest absolute Gasteiger partial charge is 0.216 e. The Morgan fingerprint density at radius 3 is 1.79 bits per heavy atom. The van der Waals surface area contributed by atoms with Crippen LogP contribution in [0.5, 0.6) is 0 Å². The lowest BCUT2D eigenvalue weighted by Crippen LogP contribution is -2.31. The first-order valence-electron chi connectivity index (χ1n) is 18.7. The van der Waals surface area contributed by atoms with Gasteiger partial charge in [-0.2, -0.15) is 0 Å². The minimum absolute atomic E-state index is 0.0659. The Labute approximate surface area is 284 Å².